The Balaban J connectivity index is 2.70. The van der Waals surface area contributed by atoms with Crippen LogP contribution in [0.3, 0.4) is 0 Å². The number of pyridine rings is 1. The maximum atomic E-state index is 12.2. The average molecular weight is 274 g/mol. The van der Waals surface area contributed by atoms with Crippen molar-refractivity contribution in [2.75, 3.05) is 12.8 Å². The zero-order valence-electron chi connectivity index (χ0n) is 11.7. The molecule has 0 amide bonds. The van der Waals surface area contributed by atoms with Gasteiger partial charge in [-0.3, -0.25) is 4.79 Å². The van der Waals surface area contributed by atoms with Crippen LogP contribution in [0.4, 0.5) is 5.69 Å². The first-order chi connectivity index (χ1) is 9.58. The molecule has 1 aromatic heterocycles. The molecule has 3 N–H and O–H groups in total. The smallest absolute Gasteiger partial charge is 0.354 e. The number of hydrogen-bond donors (Lipinski definition) is 2. The zero-order valence-corrected chi connectivity index (χ0v) is 11.7. The van der Waals surface area contributed by atoms with Gasteiger partial charge in [0.2, 0.25) is 0 Å². The van der Waals surface area contributed by atoms with Gasteiger partial charge in [0, 0.05) is 11.8 Å². The number of hydrogen-bond acceptors (Lipinski definition) is 4. The summed E-state index contributed by atoms with van der Waals surface area (Å²) in [5.41, 5.74) is 7.79. The number of methoxy groups -OCH3 is 1. The van der Waals surface area contributed by atoms with Crippen molar-refractivity contribution in [2.45, 2.75) is 26.2 Å². The van der Waals surface area contributed by atoms with Crippen LogP contribution in [0, 0.1) is 0 Å². The average Bonchev–Trinajstić information content (AvgIpc) is 2.45. The Morgan fingerprint density at radius 1 is 1.40 bits per heavy atom. The van der Waals surface area contributed by atoms with Crippen molar-refractivity contribution in [1.29, 1.82) is 0 Å². The van der Waals surface area contributed by atoms with Gasteiger partial charge in [0.05, 0.1) is 18.0 Å². The lowest BCUT2D eigenvalue weighted by Crippen LogP contribution is -2.13. The van der Waals surface area contributed by atoms with Crippen LogP contribution < -0.4 is 11.2 Å². The van der Waals surface area contributed by atoms with Crippen molar-refractivity contribution in [1.82, 2.24) is 4.98 Å². The summed E-state index contributed by atoms with van der Waals surface area (Å²) in [6, 6.07) is 4.86. The van der Waals surface area contributed by atoms with E-state index in [1.165, 1.54) is 13.2 Å². The molecule has 0 unspecified atom stereocenters. The van der Waals surface area contributed by atoms with E-state index in [4.69, 9.17) is 5.73 Å². The van der Waals surface area contributed by atoms with Gasteiger partial charge in [-0.2, -0.15) is 0 Å². The van der Waals surface area contributed by atoms with Crippen LogP contribution in [0.15, 0.2) is 23.0 Å². The molecule has 0 aliphatic carbocycles. The number of unbranched alkanes of at least 4 members (excludes halogenated alkanes) is 1. The third-order valence-electron chi connectivity index (χ3n) is 3.31. The standard InChI is InChI=1S/C15H18N2O3/c1-3-4-5-9-6-7-10(16)13-12(18)8-11(15(19)20-2)17-14(9)13/h6-8H,3-5,16H2,1-2H3,(H,17,18). The number of nitrogens with one attached hydrogen (secondary N) is 1. The van der Waals surface area contributed by atoms with E-state index in [9.17, 15) is 9.59 Å². The molecule has 0 bridgehead atoms. The monoisotopic (exact) mass is 274 g/mol. The Bertz CT molecular complexity index is 704. The number of rotatable bonds is 4. The summed E-state index contributed by atoms with van der Waals surface area (Å²) < 4.78 is 4.65. The van der Waals surface area contributed by atoms with Gasteiger partial charge in [-0.1, -0.05) is 19.4 Å². The molecule has 0 saturated heterocycles. The lowest BCUT2D eigenvalue weighted by atomic mass is 10.0. The van der Waals surface area contributed by atoms with Gasteiger partial charge >= 0.3 is 5.97 Å². The van der Waals surface area contributed by atoms with Crippen molar-refractivity contribution < 1.29 is 9.53 Å². The first-order valence-corrected chi connectivity index (χ1v) is 6.61. The molecule has 2 rings (SSSR count). The molecule has 1 aromatic carbocycles. The van der Waals surface area contributed by atoms with Crippen LogP contribution in [0.5, 0.6) is 0 Å². The predicted molar refractivity (Wildman–Crippen MR) is 78.9 cm³/mol. The van der Waals surface area contributed by atoms with E-state index in [0.29, 0.717) is 16.6 Å². The van der Waals surface area contributed by atoms with Crippen LogP contribution in [-0.2, 0) is 11.2 Å². The van der Waals surface area contributed by atoms with E-state index < -0.39 is 5.97 Å². The molecule has 0 fully saturated rings. The molecule has 1 heterocycles. The maximum absolute atomic E-state index is 12.2. The Morgan fingerprint density at radius 2 is 2.15 bits per heavy atom. The summed E-state index contributed by atoms with van der Waals surface area (Å²) >= 11 is 0. The Hall–Kier alpha value is -2.30. The van der Waals surface area contributed by atoms with E-state index in [1.54, 1.807) is 6.07 Å². The number of aromatic amines is 1. The highest BCUT2D eigenvalue weighted by atomic mass is 16.5. The molecule has 0 radical (unpaired) electrons. The summed E-state index contributed by atoms with van der Waals surface area (Å²) in [4.78, 5) is 26.7. The number of aryl methyl sites for hydroxylation is 1. The molecule has 0 atom stereocenters. The molecule has 20 heavy (non-hydrogen) atoms. The fraction of sp³-hybridized carbons (Fsp3) is 0.333. The number of carbonyl (C=O) groups excluding carboxylic acids is 1. The molecule has 5 heteroatoms. The largest absolute Gasteiger partial charge is 0.464 e. The Kier molecular flexibility index (Phi) is 4.08. The van der Waals surface area contributed by atoms with E-state index >= 15 is 0 Å². The molecule has 106 valence electrons. The van der Waals surface area contributed by atoms with Crippen molar-refractivity contribution in [2.24, 2.45) is 0 Å². The van der Waals surface area contributed by atoms with Crippen molar-refractivity contribution in [3.05, 3.63) is 39.7 Å². The summed E-state index contributed by atoms with van der Waals surface area (Å²) in [6.45, 7) is 2.10. The third kappa shape index (κ3) is 2.52. The van der Waals surface area contributed by atoms with Crippen molar-refractivity contribution >= 4 is 22.6 Å². The van der Waals surface area contributed by atoms with E-state index in [1.807, 2.05) is 6.07 Å². The van der Waals surface area contributed by atoms with Gasteiger partial charge in [-0.05, 0) is 24.5 Å². The number of fused-ring (bicyclic) bond motifs is 1. The first kappa shape index (κ1) is 14.1. The summed E-state index contributed by atoms with van der Waals surface area (Å²) in [7, 11) is 1.28. The number of benzene rings is 1. The summed E-state index contributed by atoms with van der Waals surface area (Å²) in [5.74, 6) is -0.562. The quantitative estimate of drug-likeness (QED) is 0.661. The highest BCUT2D eigenvalue weighted by Gasteiger charge is 2.13. The van der Waals surface area contributed by atoms with Gasteiger partial charge in [0.1, 0.15) is 5.69 Å². The van der Waals surface area contributed by atoms with E-state index in [-0.39, 0.29) is 11.1 Å². The maximum Gasteiger partial charge on any atom is 0.354 e. The van der Waals surface area contributed by atoms with Crippen LogP contribution in [0.1, 0.15) is 35.8 Å². The number of carbonyl (C=O) groups is 1. The molecule has 0 aliphatic rings. The molecular weight excluding hydrogens is 256 g/mol. The SMILES string of the molecule is CCCCc1ccc(N)c2c(=O)cc(C(=O)OC)[nH]c12. The fourth-order valence-electron chi connectivity index (χ4n) is 2.24. The summed E-state index contributed by atoms with van der Waals surface area (Å²) in [6.07, 6.45) is 2.88. The number of H-pyrrole nitrogens is 1. The third-order valence-corrected chi connectivity index (χ3v) is 3.31. The number of nitrogen functional groups attached to an aromatic ring is 1. The normalized spacial score (nSPS) is 10.7. The molecule has 2 aromatic rings. The topological polar surface area (TPSA) is 85.2 Å². The second-order valence-corrected chi connectivity index (χ2v) is 4.71. The molecule has 0 aliphatic heterocycles. The second-order valence-electron chi connectivity index (χ2n) is 4.71. The number of ether oxygens (including phenoxy) is 1. The van der Waals surface area contributed by atoms with Crippen LogP contribution in [0.2, 0.25) is 0 Å². The Morgan fingerprint density at radius 3 is 2.80 bits per heavy atom. The lowest BCUT2D eigenvalue weighted by Gasteiger charge is -2.10. The van der Waals surface area contributed by atoms with Gasteiger partial charge in [0.15, 0.2) is 5.43 Å². The minimum atomic E-state index is -0.562. The van der Waals surface area contributed by atoms with E-state index in [0.717, 1.165) is 24.8 Å². The molecule has 0 spiro atoms. The minimum Gasteiger partial charge on any atom is -0.464 e. The molecule has 0 saturated carbocycles. The number of aromatic nitrogens is 1. The lowest BCUT2D eigenvalue weighted by molar-refractivity contribution is 0.0594. The van der Waals surface area contributed by atoms with E-state index in [2.05, 4.69) is 16.6 Å². The second kappa shape index (κ2) is 5.77. The number of anilines is 1. The highest BCUT2D eigenvalue weighted by molar-refractivity contribution is 5.96. The van der Waals surface area contributed by atoms with Gasteiger partial charge < -0.3 is 15.5 Å². The summed E-state index contributed by atoms with van der Waals surface area (Å²) in [5, 5.41) is 0.436. The number of esters is 1. The zero-order chi connectivity index (χ0) is 14.7. The van der Waals surface area contributed by atoms with Gasteiger partial charge in [-0.15, -0.1) is 0 Å². The van der Waals surface area contributed by atoms with Gasteiger partial charge in [0.25, 0.3) is 0 Å². The predicted octanol–water partition coefficient (Wildman–Crippen LogP) is 2.24. The fourth-order valence-corrected chi connectivity index (χ4v) is 2.24. The van der Waals surface area contributed by atoms with Crippen LogP contribution in [-0.4, -0.2) is 18.1 Å². The number of nitrogens with two attached hydrogens (primary N) is 1. The highest BCUT2D eigenvalue weighted by Crippen LogP contribution is 2.22. The van der Waals surface area contributed by atoms with Crippen molar-refractivity contribution in [3.63, 3.8) is 0 Å². The molecular formula is C15H18N2O3. The van der Waals surface area contributed by atoms with Crippen LogP contribution in [0.25, 0.3) is 10.9 Å². The first-order valence-electron chi connectivity index (χ1n) is 6.61. The van der Waals surface area contributed by atoms with Crippen molar-refractivity contribution in [3.8, 4) is 0 Å². The van der Waals surface area contributed by atoms with Crippen LogP contribution >= 0.6 is 0 Å². The Labute approximate surface area is 116 Å². The van der Waals surface area contributed by atoms with Gasteiger partial charge in [-0.25, -0.2) is 4.79 Å². The molecule has 5 nitrogen and oxygen atoms in total. The minimum absolute atomic E-state index is 0.147.